The number of rotatable bonds is 5. The van der Waals surface area contributed by atoms with Crippen LogP contribution in [0.25, 0.3) is 11.3 Å². The molecule has 2 heterocycles. The molecule has 0 radical (unpaired) electrons. The lowest BCUT2D eigenvalue weighted by molar-refractivity contribution is 0.483. The van der Waals surface area contributed by atoms with Crippen LogP contribution in [0.3, 0.4) is 0 Å². The smallest absolute Gasteiger partial charge is 0.117 e. The summed E-state index contributed by atoms with van der Waals surface area (Å²) in [5.41, 5.74) is 3.19. The van der Waals surface area contributed by atoms with Crippen LogP contribution in [0.1, 0.15) is 11.3 Å². The Hall–Kier alpha value is -2.04. The number of aromatic amines is 1. The molecule has 102 valence electrons. The maximum absolute atomic E-state index is 5.90. The van der Waals surface area contributed by atoms with Crippen molar-refractivity contribution in [2.75, 3.05) is 0 Å². The fourth-order valence-electron chi connectivity index (χ4n) is 2.05. The summed E-state index contributed by atoms with van der Waals surface area (Å²) in [5.74, 6) is 0.918. The summed E-state index contributed by atoms with van der Waals surface area (Å²) in [7, 11) is 0. The first kappa shape index (κ1) is 13.0. The van der Waals surface area contributed by atoms with Crippen LogP contribution >= 0.6 is 11.6 Å². The summed E-state index contributed by atoms with van der Waals surface area (Å²) >= 11 is 5.90. The van der Waals surface area contributed by atoms with Gasteiger partial charge in [0.1, 0.15) is 5.76 Å². The first-order chi connectivity index (χ1) is 9.83. The van der Waals surface area contributed by atoms with E-state index in [-0.39, 0.29) is 0 Å². The highest BCUT2D eigenvalue weighted by Crippen LogP contribution is 2.22. The van der Waals surface area contributed by atoms with E-state index in [1.165, 1.54) is 0 Å². The van der Waals surface area contributed by atoms with E-state index in [2.05, 4.69) is 15.5 Å². The zero-order valence-electron chi connectivity index (χ0n) is 10.8. The van der Waals surface area contributed by atoms with Gasteiger partial charge in [-0.15, -0.1) is 0 Å². The number of nitrogens with one attached hydrogen (secondary N) is 2. The van der Waals surface area contributed by atoms with Gasteiger partial charge in [-0.3, -0.25) is 5.10 Å². The second-order valence-electron chi connectivity index (χ2n) is 4.46. The predicted molar refractivity (Wildman–Crippen MR) is 78.3 cm³/mol. The average molecular weight is 288 g/mol. The van der Waals surface area contributed by atoms with Gasteiger partial charge in [-0.2, -0.15) is 5.10 Å². The lowest BCUT2D eigenvalue weighted by Crippen LogP contribution is -2.12. The molecule has 0 aliphatic rings. The quantitative estimate of drug-likeness (QED) is 0.754. The van der Waals surface area contributed by atoms with E-state index in [4.69, 9.17) is 16.0 Å². The van der Waals surface area contributed by atoms with Crippen LogP contribution in [-0.4, -0.2) is 10.2 Å². The van der Waals surface area contributed by atoms with Crippen LogP contribution in [0.4, 0.5) is 0 Å². The number of halogens is 1. The highest BCUT2D eigenvalue weighted by molar-refractivity contribution is 6.30. The van der Waals surface area contributed by atoms with Crippen molar-refractivity contribution in [2.24, 2.45) is 0 Å². The molecule has 3 aromatic rings. The second kappa shape index (κ2) is 5.94. The molecule has 2 aromatic heterocycles. The van der Waals surface area contributed by atoms with Gasteiger partial charge in [-0.25, -0.2) is 0 Å². The van der Waals surface area contributed by atoms with Crippen LogP contribution in [-0.2, 0) is 13.1 Å². The molecule has 0 fully saturated rings. The van der Waals surface area contributed by atoms with Crippen LogP contribution in [0.5, 0.6) is 0 Å². The first-order valence-electron chi connectivity index (χ1n) is 6.34. The van der Waals surface area contributed by atoms with Gasteiger partial charge in [-0.05, 0) is 29.8 Å². The van der Waals surface area contributed by atoms with Crippen molar-refractivity contribution in [3.05, 3.63) is 65.2 Å². The summed E-state index contributed by atoms with van der Waals surface area (Å²) in [4.78, 5) is 0. The molecule has 0 atom stereocenters. The molecule has 0 saturated carbocycles. The molecule has 2 N–H and O–H groups in total. The molecule has 0 bridgehead atoms. The number of furan rings is 1. The van der Waals surface area contributed by atoms with E-state index < -0.39 is 0 Å². The Balaban J connectivity index is 1.68. The average Bonchev–Trinajstić information content (AvgIpc) is 3.11. The predicted octanol–water partition coefficient (Wildman–Crippen LogP) is 3.61. The Morgan fingerprint density at radius 1 is 1.15 bits per heavy atom. The molecular weight excluding hydrogens is 274 g/mol. The van der Waals surface area contributed by atoms with E-state index in [1.807, 2.05) is 42.6 Å². The van der Waals surface area contributed by atoms with E-state index in [0.717, 1.165) is 34.1 Å². The minimum Gasteiger partial charge on any atom is -0.468 e. The van der Waals surface area contributed by atoms with Gasteiger partial charge in [0, 0.05) is 17.1 Å². The minimum atomic E-state index is 0.693. The largest absolute Gasteiger partial charge is 0.468 e. The van der Waals surface area contributed by atoms with Gasteiger partial charge in [0.25, 0.3) is 0 Å². The topological polar surface area (TPSA) is 53.9 Å². The van der Waals surface area contributed by atoms with Crippen LogP contribution < -0.4 is 5.32 Å². The first-order valence-corrected chi connectivity index (χ1v) is 6.72. The molecule has 1 aromatic carbocycles. The molecule has 20 heavy (non-hydrogen) atoms. The third-order valence-corrected chi connectivity index (χ3v) is 3.30. The second-order valence-corrected chi connectivity index (χ2v) is 4.90. The van der Waals surface area contributed by atoms with E-state index in [0.29, 0.717) is 6.54 Å². The fraction of sp³-hybridized carbons (Fsp3) is 0.133. The normalized spacial score (nSPS) is 10.8. The standard InChI is InChI=1S/C15H14ClN3O/c16-13-5-3-11(4-6-13)15-12(9-18-19-15)8-17-10-14-2-1-7-20-14/h1-7,9,17H,8,10H2,(H,18,19). The molecule has 0 spiro atoms. The van der Waals surface area contributed by atoms with Gasteiger partial charge in [-0.1, -0.05) is 23.7 Å². The zero-order chi connectivity index (χ0) is 13.8. The van der Waals surface area contributed by atoms with Crippen LogP contribution in [0.2, 0.25) is 5.02 Å². The summed E-state index contributed by atoms with van der Waals surface area (Å²) < 4.78 is 5.28. The van der Waals surface area contributed by atoms with Crippen molar-refractivity contribution in [1.29, 1.82) is 0 Å². The third-order valence-electron chi connectivity index (χ3n) is 3.05. The molecule has 0 amide bonds. The Labute approximate surface area is 121 Å². The highest BCUT2D eigenvalue weighted by atomic mass is 35.5. The summed E-state index contributed by atoms with van der Waals surface area (Å²) in [6.45, 7) is 1.41. The van der Waals surface area contributed by atoms with E-state index >= 15 is 0 Å². The Morgan fingerprint density at radius 3 is 2.75 bits per heavy atom. The molecule has 5 heteroatoms. The Bertz CT molecular complexity index is 659. The van der Waals surface area contributed by atoms with Gasteiger partial charge < -0.3 is 9.73 Å². The number of nitrogens with zero attached hydrogens (tertiary/aromatic N) is 1. The van der Waals surface area contributed by atoms with Crippen molar-refractivity contribution in [2.45, 2.75) is 13.1 Å². The lowest BCUT2D eigenvalue weighted by Gasteiger charge is -2.05. The Morgan fingerprint density at radius 2 is 2.00 bits per heavy atom. The van der Waals surface area contributed by atoms with Crippen molar-refractivity contribution >= 4 is 11.6 Å². The number of hydrogen-bond acceptors (Lipinski definition) is 3. The molecule has 0 aliphatic heterocycles. The van der Waals surface area contributed by atoms with E-state index in [1.54, 1.807) is 6.26 Å². The SMILES string of the molecule is Clc1ccc(-c2[nH]ncc2CNCc2ccco2)cc1. The third kappa shape index (κ3) is 2.92. The van der Waals surface area contributed by atoms with Gasteiger partial charge in [0.15, 0.2) is 0 Å². The van der Waals surface area contributed by atoms with Gasteiger partial charge in [0.05, 0.1) is 24.7 Å². The lowest BCUT2D eigenvalue weighted by atomic mass is 10.1. The maximum atomic E-state index is 5.90. The molecule has 0 unspecified atom stereocenters. The number of aromatic nitrogens is 2. The summed E-state index contributed by atoms with van der Waals surface area (Å²) in [6.07, 6.45) is 3.51. The van der Waals surface area contributed by atoms with Crippen molar-refractivity contribution in [3.63, 3.8) is 0 Å². The van der Waals surface area contributed by atoms with Crippen LogP contribution in [0.15, 0.2) is 53.3 Å². The minimum absolute atomic E-state index is 0.693. The summed E-state index contributed by atoms with van der Waals surface area (Å²) in [5, 5.41) is 11.2. The number of hydrogen-bond donors (Lipinski definition) is 2. The number of H-pyrrole nitrogens is 1. The van der Waals surface area contributed by atoms with Crippen molar-refractivity contribution < 1.29 is 4.42 Å². The van der Waals surface area contributed by atoms with Gasteiger partial charge in [0.2, 0.25) is 0 Å². The number of benzene rings is 1. The highest BCUT2D eigenvalue weighted by Gasteiger charge is 2.07. The van der Waals surface area contributed by atoms with Crippen molar-refractivity contribution in [3.8, 4) is 11.3 Å². The maximum Gasteiger partial charge on any atom is 0.117 e. The van der Waals surface area contributed by atoms with Crippen LogP contribution in [0, 0.1) is 0 Å². The zero-order valence-corrected chi connectivity index (χ0v) is 11.5. The molecule has 3 rings (SSSR count). The fourth-order valence-corrected chi connectivity index (χ4v) is 2.17. The molecule has 0 saturated heterocycles. The summed E-state index contributed by atoms with van der Waals surface area (Å²) in [6, 6.07) is 11.5. The van der Waals surface area contributed by atoms with Crippen molar-refractivity contribution in [1.82, 2.24) is 15.5 Å². The molecular formula is C15H14ClN3O. The van der Waals surface area contributed by atoms with E-state index in [9.17, 15) is 0 Å². The molecule has 0 aliphatic carbocycles. The Kier molecular flexibility index (Phi) is 3.85. The monoisotopic (exact) mass is 287 g/mol. The molecule has 4 nitrogen and oxygen atoms in total. The van der Waals surface area contributed by atoms with Gasteiger partial charge >= 0.3 is 0 Å².